The molecule has 0 bridgehead atoms. The quantitative estimate of drug-likeness (QED) is 0.439. The van der Waals surface area contributed by atoms with Gasteiger partial charge in [0.25, 0.3) is 0 Å². The average molecular weight is 399 g/mol. The largest absolute Gasteiger partial charge is 0.419 e. The van der Waals surface area contributed by atoms with Gasteiger partial charge in [-0.15, -0.1) is 20.4 Å². The lowest BCUT2D eigenvalue weighted by atomic mass is 10.2. The maximum atomic E-state index is 13.3. The minimum atomic E-state index is -0.307. The van der Waals surface area contributed by atoms with Gasteiger partial charge in [-0.05, 0) is 37.3 Å². The van der Waals surface area contributed by atoms with Crippen molar-refractivity contribution in [3.05, 3.63) is 66.3 Å². The molecule has 1 N–H and O–H groups in total. The van der Waals surface area contributed by atoms with Gasteiger partial charge < -0.3 is 9.73 Å². The van der Waals surface area contributed by atoms with Crippen LogP contribution in [0.4, 0.5) is 15.2 Å². The number of nitrogens with zero attached hydrogens (tertiary/aromatic N) is 4. The monoisotopic (exact) mass is 399 g/mol. The molecule has 0 unspecified atom stereocenters. The molecular weight excluding hydrogens is 385 g/mol. The zero-order valence-corrected chi connectivity index (χ0v) is 15.8. The summed E-state index contributed by atoms with van der Waals surface area (Å²) in [5, 5.41) is 20.0. The van der Waals surface area contributed by atoms with E-state index in [9.17, 15) is 4.39 Å². The molecule has 0 saturated carbocycles. The van der Waals surface area contributed by atoms with Crippen molar-refractivity contribution in [3.63, 3.8) is 0 Å². The molecule has 0 saturated heterocycles. The fourth-order valence-electron chi connectivity index (χ4n) is 2.30. The highest BCUT2D eigenvalue weighted by Gasteiger charge is 2.18. The summed E-state index contributed by atoms with van der Waals surface area (Å²) >= 11 is 2.85. The lowest BCUT2D eigenvalue weighted by Gasteiger charge is -2.02. The van der Waals surface area contributed by atoms with E-state index in [1.54, 1.807) is 12.1 Å². The molecular formula is C18H14FN5OS2. The number of thioether (sulfide) groups is 1. The predicted molar refractivity (Wildman–Crippen MR) is 104 cm³/mol. The van der Waals surface area contributed by atoms with Crippen LogP contribution in [0.2, 0.25) is 0 Å². The van der Waals surface area contributed by atoms with Gasteiger partial charge in [0.05, 0.1) is 5.25 Å². The Morgan fingerprint density at radius 2 is 1.89 bits per heavy atom. The summed E-state index contributed by atoms with van der Waals surface area (Å²) < 4.78 is 19.8. The molecule has 2 aromatic carbocycles. The van der Waals surface area contributed by atoms with Crippen molar-refractivity contribution >= 4 is 33.9 Å². The van der Waals surface area contributed by atoms with E-state index >= 15 is 0 Å². The molecule has 4 aromatic rings. The van der Waals surface area contributed by atoms with Crippen molar-refractivity contribution in [3.8, 4) is 11.5 Å². The Balaban J connectivity index is 1.42. The number of anilines is 2. The lowest BCUT2D eigenvalue weighted by molar-refractivity contribution is 0.509. The van der Waals surface area contributed by atoms with Crippen LogP contribution in [0.15, 0.2) is 63.4 Å². The summed E-state index contributed by atoms with van der Waals surface area (Å²) in [6.45, 7) is 1.97. The van der Waals surface area contributed by atoms with Crippen LogP contribution in [0.1, 0.15) is 18.1 Å². The van der Waals surface area contributed by atoms with Gasteiger partial charge in [0, 0.05) is 11.3 Å². The standard InChI is InChI=1S/C18H14FN5OS2/c1-11(15-21-22-16(25-15)12-6-3-2-4-7-12)26-18-24-23-17(27-18)20-14-9-5-8-13(19)10-14/h2-11H,1H3,(H,20,23)/t11-/m0/s1. The molecule has 0 aliphatic carbocycles. The first kappa shape index (κ1) is 17.6. The molecule has 6 nitrogen and oxygen atoms in total. The number of hydrogen-bond acceptors (Lipinski definition) is 8. The lowest BCUT2D eigenvalue weighted by Crippen LogP contribution is -1.89. The van der Waals surface area contributed by atoms with Crippen LogP contribution >= 0.6 is 23.1 Å². The Morgan fingerprint density at radius 3 is 2.70 bits per heavy atom. The van der Waals surface area contributed by atoms with Crippen LogP contribution in [0.5, 0.6) is 0 Å². The van der Waals surface area contributed by atoms with E-state index in [-0.39, 0.29) is 11.1 Å². The van der Waals surface area contributed by atoms with E-state index in [0.717, 1.165) is 9.90 Å². The number of hydrogen-bond donors (Lipinski definition) is 1. The molecule has 9 heteroatoms. The minimum Gasteiger partial charge on any atom is -0.419 e. The van der Waals surface area contributed by atoms with Gasteiger partial charge in [-0.2, -0.15) is 0 Å². The number of aromatic nitrogens is 4. The Labute approximate surface area is 162 Å². The van der Waals surface area contributed by atoms with Gasteiger partial charge in [-0.3, -0.25) is 0 Å². The molecule has 4 rings (SSSR count). The van der Waals surface area contributed by atoms with E-state index < -0.39 is 0 Å². The first-order valence-electron chi connectivity index (χ1n) is 8.09. The molecule has 0 spiro atoms. The second-order valence-corrected chi connectivity index (χ2v) is 8.15. The van der Waals surface area contributed by atoms with Gasteiger partial charge in [-0.1, -0.05) is 47.4 Å². The van der Waals surface area contributed by atoms with Crippen LogP contribution in [-0.2, 0) is 0 Å². The smallest absolute Gasteiger partial charge is 0.247 e. The third-order valence-corrected chi connectivity index (χ3v) is 5.58. The van der Waals surface area contributed by atoms with Crippen LogP contribution in [0.3, 0.4) is 0 Å². The number of nitrogens with one attached hydrogen (secondary N) is 1. The zero-order chi connectivity index (χ0) is 18.6. The molecule has 0 radical (unpaired) electrons. The summed E-state index contributed by atoms with van der Waals surface area (Å²) in [4.78, 5) is 0. The van der Waals surface area contributed by atoms with Crippen molar-refractivity contribution in [2.45, 2.75) is 16.5 Å². The first-order valence-corrected chi connectivity index (χ1v) is 9.78. The van der Waals surface area contributed by atoms with E-state index in [2.05, 4.69) is 25.7 Å². The number of benzene rings is 2. The first-order chi connectivity index (χ1) is 13.2. The summed E-state index contributed by atoms with van der Waals surface area (Å²) in [7, 11) is 0. The van der Waals surface area contributed by atoms with Crippen LogP contribution in [0, 0.1) is 5.82 Å². The molecule has 27 heavy (non-hydrogen) atoms. The summed E-state index contributed by atoms with van der Waals surface area (Å²) in [6, 6.07) is 15.8. The fraction of sp³-hybridized carbons (Fsp3) is 0.111. The van der Waals surface area contributed by atoms with Crippen LogP contribution < -0.4 is 5.32 Å². The number of halogens is 1. The van der Waals surface area contributed by atoms with Crippen molar-refractivity contribution in [1.82, 2.24) is 20.4 Å². The molecule has 1 atom stereocenters. The van der Waals surface area contributed by atoms with E-state index in [1.165, 1.54) is 35.2 Å². The maximum absolute atomic E-state index is 13.3. The highest BCUT2D eigenvalue weighted by molar-refractivity contribution is 8.01. The zero-order valence-electron chi connectivity index (χ0n) is 14.2. The van der Waals surface area contributed by atoms with Crippen molar-refractivity contribution in [2.75, 3.05) is 5.32 Å². The van der Waals surface area contributed by atoms with Crippen LogP contribution in [-0.4, -0.2) is 20.4 Å². The molecule has 136 valence electrons. The second-order valence-electron chi connectivity index (χ2n) is 5.58. The van der Waals surface area contributed by atoms with Crippen LogP contribution in [0.25, 0.3) is 11.5 Å². The maximum Gasteiger partial charge on any atom is 0.247 e. The number of rotatable bonds is 6. The van der Waals surface area contributed by atoms with Crippen molar-refractivity contribution in [1.29, 1.82) is 0 Å². The Hall–Kier alpha value is -2.78. The third-order valence-electron chi connectivity index (χ3n) is 3.57. The highest BCUT2D eigenvalue weighted by Crippen LogP contribution is 2.38. The van der Waals surface area contributed by atoms with E-state index in [4.69, 9.17) is 4.42 Å². The molecule has 0 aliphatic rings. The van der Waals surface area contributed by atoms with Gasteiger partial charge in [0.2, 0.25) is 16.9 Å². The summed E-state index contributed by atoms with van der Waals surface area (Å²) in [5.74, 6) is 0.704. The topological polar surface area (TPSA) is 76.7 Å². The van der Waals surface area contributed by atoms with E-state index in [0.29, 0.717) is 22.6 Å². The predicted octanol–water partition coefficient (Wildman–Crippen LogP) is 5.32. The fourth-order valence-corrected chi connectivity index (χ4v) is 4.24. The molecule has 2 heterocycles. The van der Waals surface area contributed by atoms with Crippen molar-refractivity contribution < 1.29 is 8.81 Å². The molecule has 0 amide bonds. The van der Waals surface area contributed by atoms with Gasteiger partial charge in [0.1, 0.15) is 5.82 Å². The normalized spacial score (nSPS) is 12.1. The molecule has 0 aliphatic heterocycles. The van der Waals surface area contributed by atoms with Gasteiger partial charge in [0.15, 0.2) is 4.34 Å². The minimum absolute atomic E-state index is 0.0788. The van der Waals surface area contributed by atoms with E-state index in [1.807, 2.05) is 37.3 Å². The highest BCUT2D eigenvalue weighted by atomic mass is 32.2. The Bertz CT molecular complexity index is 1040. The Kier molecular flexibility index (Phi) is 5.12. The summed E-state index contributed by atoms with van der Waals surface area (Å²) in [5.41, 5.74) is 1.51. The second kappa shape index (κ2) is 7.85. The summed E-state index contributed by atoms with van der Waals surface area (Å²) in [6.07, 6.45) is 0. The third kappa shape index (κ3) is 4.32. The molecule has 0 fully saturated rings. The SMILES string of the molecule is C[C@H](Sc1nnc(Nc2cccc(F)c2)s1)c1nnc(-c2ccccc2)o1. The average Bonchev–Trinajstić information content (AvgIpc) is 3.32. The van der Waals surface area contributed by atoms with Crippen molar-refractivity contribution in [2.24, 2.45) is 0 Å². The Morgan fingerprint density at radius 1 is 1.04 bits per heavy atom. The van der Waals surface area contributed by atoms with Gasteiger partial charge in [-0.25, -0.2) is 4.39 Å². The molecule has 2 aromatic heterocycles. The van der Waals surface area contributed by atoms with Gasteiger partial charge >= 0.3 is 0 Å².